The van der Waals surface area contributed by atoms with Crippen molar-refractivity contribution in [3.05, 3.63) is 35.3 Å². The molecule has 1 aromatic carbocycles. The molecule has 3 rings (SSSR count). The molecule has 6 heteroatoms. The first-order chi connectivity index (χ1) is 11.5. The van der Waals surface area contributed by atoms with Crippen LogP contribution in [-0.2, 0) is 4.79 Å². The zero-order valence-corrected chi connectivity index (χ0v) is 13.5. The number of hydrogen-bond donors (Lipinski definition) is 2. The molecule has 2 atom stereocenters. The van der Waals surface area contributed by atoms with Crippen molar-refractivity contribution in [3.63, 3.8) is 0 Å². The van der Waals surface area contributed by atoms with Crippen molar-refractivity contribution < 1.29 is 23.5 Å². The number of carboxylic acid groups (broad SMARTS) is 1. The van der Waals surface area contributed by atoms with E-state index in [-0.39, 0.29) is 5.76 Å². The third kappa shape index (κ3) is 3.13. The van der Waals surface area contributed by atoms with E-state index in [9.17, 15) is 19.1 Å². The predicted octanol–water partition coefficient (Wildman–Crippen LogP) is 3.64. The summed E-state index contributed by atoms with van der Waals surface area (Å²) in [5.74, 6) is -2.19. The molecule has 0 bridgehead atoms. The predicted molar refractivity (Wildman–Crippen MR) is 86.4 cm³/mol. The summed E-state index contributed by atoms with van der Waals surface area (Å²) in [6.07, 6.45) is 3.91. The largest absolute Gasteiger partial charge is 0.481 e. The van der Waals surface area contributed by atoms with Crippen LogP contribution < -0.4 is 5.32 Å². The first kappa shape index (κ1) is 16.5. The minimum Gasteiger partial charge on any atom is -0.481 e. The highest BCUT2D eigenvalue weighted by atomic mass is 19.1. The lowest BCUT2D eigenvalue weighted by molar-refractivity contribution is -0.142. The second-order valence-electron chi connectivity index (χ2n) is 6.36. The van der Waals surface area contributed by atoms with Crippen molar-refractivity contribution in [2.45, 2.75) is 45.1 Å². The van der Waals surface area contributed by atoms with Gasteiger partial charge in [-0.3, -0.25) is 9.59 Å². The number of furan rings is 1. The number of amides is 1. The van der Waals surface area contributed by atoms with Gasteiger partial charge in [0.2, 0.25) is 0 Å². The standard InChI is InChI=1S/C18H20FNO4/c1-10-13-9-11(19)7-8-15(13)24-16(10)17(21)20-14-6-4-2-3-5-12(14)18(22)23/h7-9,12,14H,2-6H2,1H3,(H,20,21)(H,22,23)/t12-,14+/m1/s1. The van der Waals surface area contributed by atoms with Crippen molar-refractivity contribution in [1.29, 1.82) is 0 Å². The molecule has 1 saturated carbocycles. The van der Waals surface area contributed by atoms with Crippen molar-refractivity contribution in [2.24, 2.45) is 5.92 Å². The lowest BCUT2D eigenvalue weighted by atomic mass is 9.94. The van der Waals surface area contributed by atoms with Gasteiger partial charge in [-0.15, -0.1) is 0 Å². The molecule has 0 unspecified atom stereocenters. The van der Waals surface area contributed by atoms with Crippen LogP contribution in [0.15, 0.2) is 22.6 Å². The molecule has 24 heavy (non-hydrogen) atoms. The normalized spacial score (nSPS) is 21.4. The van der Waals surface area contributed by atoms with Crippen molar-refractivity contribution in [1.82, 2.24) is 5.32 Å². The van der Waals surface area contributed by atoms with Crippen molar-refractivity contribution in [2.75, 3.05) is 0 Å². The zero-order chi connectivity index (χ0) is 17.3. The smallest absolute Gasteiger partial charge is 0.308 e. The average Bonchev–Trinajstić information content (AvgIpc) is 2.72. The van der Waals surface area contributed by atoms with Gasteiger partial charge in [0.25, 0.3) is 5.91 Å². The Morgan fingerprint density at radius 3 is 2.75 bits per heavy atom. The van der Waals surface area contributed by atoms with Crippen LogP contribution in [0.1, 0.15) is 48.2 Å². The number of carbonyl (C=O) groups excluding carboxylic acids is 1. The molecule has 5 nitrogen and oxygen atoms in total. The van der Waals surface area contributed by atoms with Crippen LogP contribution in [0.3, 0.4) is 0 Å². The van der Waals surface area contributed by atoms with E-state index in [1.54, 1.807) is 6.92 Å². The van der Waals surface area contributed by atoms with Gasteiger partial charge in [0.1, 0.15) is 11.4 Å². The van der Waals surface area contributed by atoms with E-state index in [0.29, 0.717) is 29.4 Å². The Balaban J connectivity index is 1.86. The Labute approximate surface area is 138 Å². The van der Waals surface area contributed by atoms with E-state index in [1.165, 1.54) is 18.2 Å². The molecule has 0 saturated heterocycles. The van der Waals surface area contributed by atoms with E-state index in [4.69, 9.17) is 4.42 Å². The number of fused-ring (bicyclic) bond motifs is 1. The summed E-state index contributed by atoms with van der Waals surface area (Å²) < 4.78 is 18.9. The third-order valence-electron chi connectivity index (χ3n) is 4.75. The molecular weight excluding hydrogens is 313 g/mol. The molecule has 0 spiro atoms. The van der Waals surface area contributed by atoms with Crippen LogP contribution in [0.2, 0.25) is 0 Å². The lowest BCUT2D eigenvalue weighted by Crippen LogP contribution is -2.42. The fourth-order valence-corrected chi connectivity index (χ4v) is 3.42. The summed E-state index contributed by atoms with van der Waals surface area (Å²) in [4.78, 5) is 24.0. The minimum atomic E-state index is -0.884. The number of benzene rings is 1. The maximum atomic E-state index is 13.4. The van der Waals surface area contributed by atoms with Crippen molar-refractivity contribution >= 4 is 22.8 Å². The second kappa shape index (κ2) is 6.63. The number of nitrogens with one attached hydrogen (secondary N) is 1. The molecule has 1 aliphatic carbocycles. The van der Waals surface area contributed by atoms with Gasteiger partial charge in [-0.05, 0) is 38.0 Å². The lowest BCUT2D eigenvalue weighted by Gasteiger charge is -2.22. The summed E-state index contributed by atoms with van der Waals surface area (Å²) in [5.41, 5.74) is 0.997. The summed E-state index contributed by atoms with van der Waals surface area (Å²) >= 11 is 0. The number of carbonyl (C=O) groups is 2. The van der Waals surface area contributed by atoms with Gasteiger partial charge < -0.3 is 14.8 Å². The summed E-state index contributed by atoms with van der Waals surface area (Å²) in [5, 5.41) is 12.8. The molecule has 1 aromatic heterocycles. The van der Waals surface area contributed by atoms with Crippen LogP contribution in [0.5, 0.6) is 0 Å². The van der Waals surface area contributed by atoms with Gasteiger partial charge in [-0.1, -0.05) is 19.3 Å². The average molecular weight is 333 g/mol. The quantitative estimate of drug-likeness (QED) is 0.841. The molecule has 1 amide bonds. The molecular formula is C18H20FNO4. The van der Waals surface area contributed by atoms with Gasteiger partial charge in [0.15, 0.2) is 5.76 Å². The number of aliphatic carboxylic acids is 1. The number of carboxylic acids is 1. The third-order valence-corrected chi connectivity index (χ3v) is 4.75. The first-order valence-electron chi connectivity index (χ1n) is 8.19. The van der Waals surface area contributed by atoms with Gasteiger partial charge in [-0.25, -0.2) is 4.39 Å². The van der Waals surface area contributed by atoms with E-state index in [0.717, 1.165) is 19.3 Å². The van der Waals surface area contributed by atoms with Gasteiger partial charge in [0.05, 0.1) is 5.92 Å². The van der Waals surface area contributed by atoms with Crippen LogP contribution in [0.4, 0.5) is 4.39 Å². The SMILES string of the molecule is Cc1c(C(=O)N[C@H]2CCCCC[C@H]2C(=O)O)oc2ccc(F)cc12. The molecule has 0 radical (unpaired) electrons. The van der Waals surface area contributed by atoms with E-state index < -0.39 is 29.7 Å². The molecule has 2 aromatic rings. The number of aryl methyl sites for hydroxylation is 1. The maximum absolute atomic E-state index is 13.4. The minimum absolute atomic E-state index is 0.115. The Morgan fingerprint density at radius 1 is 1.25 bits per heavy atom. The molecule has 1 heterocycles. The number of halogens is 1. The highest BCUT2D eigenvalue weighted by molar-refractivity contribution is 5.99. The van der Waals surface area contributed by atoms with Gasteiger partial charge in [0, 0.05) is 17.0 Å². The van der Waals surface area contributed by atoms with Crippen molar-refractivity contribution in [3.8, 4) is 0 Å². The number of hydrogen-bond acceptors (Lipinski definition) is 3. The highest BCUT2D eigenvalue weighted by Gasteiger charge is 2.32. The molecule has 1 aliphatic rings. The summed E-state index contributed by atoms with van der Waals surface area (Å²) in [6.45, 7) is 1.70. The Morgan fingerprint density at radius 2 is 2.00 bits per heavy atom. The van der Waals surface area contributed by atoms with Gasteiger partial charge in [-0.2, -0.15) is 0 Å². The van der Waals surface area contributed by atoms with E-state index >= 15 is 0 Å². The second-order valence-corrected chi connectivity index (χ2v) is 6.36. The Bertz CT molecular complexity index is 783. The van der Waals surface area contributed by atoms with E-state index in [1.807, 2.05) is 0 Å². The molecule has 1 fully saturated rings. The summed E-state index contributed by atoms with van der Waals surface area (Å²) in [7, 11) is 0. The van der Waals surface area contributed by atoms with Crippen LogP contribution in [0.25, 0.3) is 11.0 Å². The fourth-order valence-electron chi connectivity index (χ4n) is 3.42. The highest BCUT2D eigenvalue weighted by Crippen LogP contribution is 2.28. The van der Waals surface area contributed by atoms with Crippen LogP contribution in [-0.4, -0.2) is 23.0 Å². The summed E-state index contributed by atoms with van der Waals surface area (Å²) in [6, 6.07) is 3.68. The topological polar surface area (TPSA) is 79.5 Å². The Hall–Kier alpha value is -2.37. The molecule has 2 N–H and O–H groups in total. The van der Waals surface area contributed by atoms with E-state index in [2.05, 4.69) is 5.32 Å². The molecule has 0 aliphatic heterocycles. The van der Waals surface area contributed by atoms with Crippen LogP contribution in [0, 0.1) is 18.7 Å². The van der Waals surface area contributed by atoms with Gasteiger partial charge >= 0.3 is 5.97 Å². The monoisotopic (exact) mass is 333 g/mol. The zero-order valence-electron chi connectivity index (χ0n) is 13.5. The maximum Gasteiger partial charge on any atom is 0.308 e. The molecule has 128 valence electrons. The fraction of sp³-hybridized carbons (Fsp3) is 0.444. The first-order valence-corrected chi connectivity index (χ1v) is 8.19. The van der Waals surface area contributed by atoms with Crippen LogP contribution >= 0.6 is 0 Å². The number of rotatable bonds is 3. The Kier molecular flexibility index (Phi) is 4.55.